The van der Waals surface area contributed by atoms with Crippen LogP contribution in [0.15, 0.2) is 28.7 Å². The monoisotopic (exact) mass is 354 g/mol. The van der Waals surface area contributed by atoms with Gasteiger partial charge in [0.1, 0.15) is 6.54 Å². The molecule has 0 radical (unpaired) electrons. The highest BCUT2D eigenvalue weighted by Gasteiger charge is 2.19. The molecule has 1 N–H and O–H groups in total. The molecule has 0 spiro atoms. The van der Waals surface area contributed by atoms with Crippen molar-refractivity contribution >= 4 is 33.4 Å². The molecule has 0 aliphatic carbocycles. The fourth-order valence-corrected chi connectivity index (χ4v) is 2.50. The number of halogens is 1. The zero-order valence-electron chi connectivity index (χ0n) is 12.0. The van der Waals surface area contributed by atoms with E-state index in [0.717, 1.165) is 23.9 Å². The summed E-state index contributed by atoms with van der Waals surface area (Å²) in [6.45, 7) is 2.74. The van der Waals surface area contributed by atoms with E-state index in [9.17, 15) is 9.59 Å². The Bertz CT molecular complexity index is 498. The van der Waals surface area contributed by atoms with Crippen molar-refractivity contribution in [2.24, 2.45) is 0 Å². The summed E-state index contributed by atoms with van der Waals surface area (Å²) in [5.41, 5.74) is 0.706. The Hall–Kier alpha value is -1.40. The molecule has 0 bridgehead atoms. The third-order valence-electron chi connectivity index (χ3n) is 3.37. The number of carbonyl (C=O) groups excluding carboxylic acids is 2. The number of benzene rings is 1. The quantitative estimate of drug-likeness (QED) is 0.880. The first-order valence-electron chi connectivity index (χ1n) is 6.98. The van der Waals surface area contributed by atoms with Gasteiger partial charge in [0.2, 0.25) is 11.8 Å². The summed E-state index contributed by atoms with van der Waals surface area (Å²) in [4.78, 5) is 25.2. The zero-order chi connectivity index (χ0) is 15.2. The second-order valence-corrected chi connectivity index (χ2v) is 5.94. The first-order valence-corrected chi connectivity index (χ1v) is 7.77. The lowest BCUT2D eigenvalue weighted by atomic mass is 10.2. The fraction of sp³-hybridized carbons (Fsp3) is 0.467. The van der Waals surface area contributed by atoms with Crippen molar-refractivity contribution in [3.63, 3.8) is 0 Å². The summed E-state index contributed by atoms with van der Waals surface area (Å²) in [6, 6.07) is 7.29. The van der Waals surface area contributed by atoms with Crippen molar-refractivity contribution < 1.29 is 14.3 Å². The van der Waals surface area contributed by atoms with Crippen molar-refractivity contribution in [1.82, 2.24) is 5.32 Å². The van der Waals surface area contributed by atoms with E-state index in [1.54, 1.807) is 12.1 Å². The SMILES string of the molecule is CC(=O)N(CC(=O)NCC1CCCO1)c1ccc(Br)cc1. The van der Waals surface area contributed by atoms with Crippen LogP contribution in [0.4, 0.5) is 5.69 Å². The summed E-state index contributed by atoms with van der Waals surface area (Å²) in [6.07, 6.45) is 2.12. The molecule has 1 atom stereocenters. The Kier molecular flexibility index (Phi) is 5.76. The minimum Gasteiger partial charge on any atom is -0.376 e. The van der Waals surface area contributed by atoms with E-state index in [-0.39, 0.29) is 24.5 Å². The van der Waals surface area contributed by atoms with Gasteiger partial charge in [0.25, 0.3) is 0 Å². The number of carbonyl (C=O) groups is 2. The number of nitrogens with zero attached hydrogens (tertiary/aromatic N) is 1. The molecule has 0 saturated carbocycles. The third-order valence-corrected chi connectivity index (χ3v) is 3.90. The predicted molar refractivity (Wildman–Crippen MR) is 84.2 cm³/mol. The molecule has 21 heavy (non-hydrogen) atoms. The average Bonchev–Trinajstić information content (AvgIpc) is 2.97. The van der Waals surface area contributed by atoms with Gasteiger partial charge in [-0.2, -0.15) is 0 Å². The van der Waals surface area contributed by atoms with Gasteiger partial charge < -0.3 is 15.0 Å². The topological polar surface area (TPSA) is 58.6 Å². The van der Waals surface area contributed by atoms with E-state index in [2.05, 4.69) is 21.2 Å². The number of ether oxygens (including phenoxy) is 1. The summed E-state index contributed by atoms with van der Waals surface area (Å²) in [5, 5.41) is 2.82. The lowest BCUT2D eigenvalue weighted by Gasteiger charge is -2.21. The van der Waals surface area contributed by atoms with E-state index in [4.69, 9.17) is 4.74 Å². The highest BCUT2D eigenvalue weighted by Crippen LogP contribution is 2.18. The molecule has 1 aromatic carbocycles. The zero-order valence-corrected chi connectivity index (χ0v) is 13.6. The van der Waals surface area contributed by atoms with Gasteiger partial charge in [0.15, 0.2) is 0 Å². The second-order valence-electron chi connectivity index (χ2n) is 5.02. The number of nitrogens with one attached hydrogen (secondary N) is 1. The molecule has 1 aliphatic heterocycles. The standard InChI is InChI=1S/C15H19BrN2O3/c1-11(19)18(13-6-4-12(16)5-7-13)10-15(20)17-9-14-3-2-8-21-14/h4-7,14H,2-3,8-10H2,1H3,(H,17,20). The minimum atomic E-state index is -0.177. The molecule has 114 valence electrons. The molecule has 0 aromatic heterocycles. The molecule has 1 aliphatic rings. The van der Waals surface area contributed by atoms with E-state index < -0.39 is 0 Å². The number of hydrogen-bond acceptors (Lipinski definition) is 3. The first kappa shape index (κ1) is 16.0. The Balaban J connectivity index is 1.91. The molecule has 1 heterocycles. The van der Waals surface area contributed by atoms with Crippen LogP contribution in [0.25, 0.3) is 0 Å². The van der Waals surface area contributed by atoms with Crippen molar-refractivity contribution in [2.45, 2.75) is 25.9 Å². The van der Waals surface area contributed by atoms with Crippen LogP contribution >= 0.6 is 15.9 Å². The Morgan fingerprint density at radius 2 is 2.10 bits per heavy atom. The van der Waals surface area contributed by atoms with Crippen LogP contribution < -0.4 is 10.2 Å². The van der Waals surface area contributed by atoms with Gasteiger partial charge in [0.05, 0.1) is 6.10 Å². The van der Waals surface area contributed by atoms with Gasteiger partial charge >= 0.3 is 0 Å². The minimum absolute atomic E-state index is 0.0175. The Labute approximate surface area is 132 Å². The van der Waals surface area contributed by atoms with Crippen LogP contribution in [0.2, 0.25) is 0 Å². The maximum atomic E-state index is 12.0. The lowest BCUT2D eigenvalue weighted by Crippen LogP contribution is -2.42. The van der Waals surface area contributed by atoms with Gasteiger partial charge in [-0.25, -0.2) is 0 Å². The smallest absolute Gasteiger partial charge is 0.240 e. The molecular formula is C15H19BrN2O3. The van der Waals surface area contributed by atoms with Gasteiger partial charge in [-0.15, -0.1) is 0 Å². The number of rotatable bonds is 5. The number of hydrogen-bond donors (Lipinski definition) is 1. The Morgan fingerprint density at radius 3 is 2.67 bits per heavy atom. The second kappa shape index (κ2) is 7.56. The van der Waals surface area contributed by atoms with Crippen molar-refractivity contribution in [2.75, 3.05) is 24.6 Å². The van der Waals surface area contributed by atoms with Gasteiger partial charge in [-0.3, -0.25) is 9.59 Å². The maximum Gasteiger partial charge on any atom is 0.240 e. The van der Waals surface area contributed by atoms with Crippen LogP contribution in [0.5, 0.6) is 0 Å². The Morgan fingerprint density at radius 1 is 1.38 bits per heavy atom. The van der Waals surface area contributed by atoms with E-state index >= 15 is 0 Å². The van der Waals surface area contributed by atoms with E-state index in [1.165, 1.54) is 11.8 Å². The van der Waals surface area contributed by atoms with Crippen LogP contribution in [0, 0.1) is 0 Å². The molecule has 2 rings (SSSR count). The van der Waals surface area contributed by atoms with E-state index in [0.29, 0.717) is 12.2 Å². The molecule has 2 amide bonds. The van der Waals surface area contributed by atoms with Crippen molar-refractivity contribution in [3.8, 4) is 0 Å². The molecule has 1 unspecified atom stereocenters. The molecule has 5 nitrogen and oxygen atoms in total. The van der Waals surface area contributed by atoms with Crippen molar-refractivity contribution in [3.05, 3.63) is 28.7 Å². The van der Waals surface area contributed by atoms with Crippen LogP contribution in [-0.4, -0.2) is 37.6 Å². The molecule has 6 heteroatoms. The molecule has 1 fully saturated rings. The largest absolute Gasteiger partial charge is 0.376 e. The van der Waals surface area contributed by atoms with Gasteiger partial charge in [0, 0.05) is 30.2 Å². The van der Waals surface area contributed by atoms with Crippen LogP contribution in [-0.2, 0) is 14.3 Å². The highest BCUT2D eigenvalue weighted by molar-refractivity contribution is 9.10. The third kappa shape index (κ3) is 4.82. The highest BCUT2D eigenvalue weighted by atomic mass is 79.9. The van der Waals surface area contributed by atoms with Gasteiger partial charge in [-0.05, 0) is 37.1 Å². The van der Waals surface area contributed by atoms with Crippen LogP contribution in [0.1, 0.15) is 19.8 Å². The normalized spacial score (nSPS) is 17.5. The molecule has 1 saturated heterocycles. The summed E-state index contributed by atoms with van der Waals surface area (Å²) < 4.78 is 6.38. The summed E-state index contributed by atoms with van der Waals surface area (Å²) >= 11 is 3.35. The number of amides is 2. The summed E-state index contributed by atoms with van der Waals surface area (Å²) in [7, 11) is 0. The van der Waals surface area contributed by atoms with E-state index in [1.807, 2.05) is 12.1 Å². The van der Waals surface area contributed by atoms with Crippen molar-refractivity contribution in [1.29, 1.82) is 0 Å². The number of anilines is 1. The lowest BCUT2D eigenvalue weighted by molar-refractivity contribution is -0.123. The van der Waals surface area contributed by atoms with Crippen LogP contribution in [0.3, 0.4) is 0 Å². The first-order chi connectivity index (χ1) is 10.1. The fourth-order valence-electron chi connectivity index (χ4n) is 2.24. The van der Waals surface area contributed by atoms with Gasteiger partial charge in [-0.1, -0.05) is 15.9 Å². The molecule has 1 aromatic rings. The average molecular weight is 355 g/mol. The predicted octanol–water partition coefficient (Wildman–Crippen LogP) is 2.10. The molecular weight excluding hydrogens is 336 g/mol. The maximum absolute atomic E-state index is 12.0. The summed E-state index contributed by atoms with van der Waals surface area (Å²) in [5.74, 6) is -0.340.